The highest BCUT2D eigenvalue weighted by Crippen LogP contribution is 2.22. The Bertz CT molecular complexity index is 1270. The molecule has 0 radical (unpaired) electrons. The summed E-state index contributed by atoms with van der Waals surface area (Å²) in [4.78, 5) is 29.3. The van der Waals surface area contributed by atoms with Crippen LogP contribution >= 0.6 is 0 Å². The molecule has 0 aliphatic heterocycles. The fourth-order valence-corrected chi connectivity index (χ4v) is 2.96. The number of rotatable bonds is 6. The van der Waals surface area contributed by atoms with E-state index < -0.39 is 11.5 Å². The largest absolute Gasteiger partial charge is 0.495 e. The van der Waals surface area contributed by atoms with Crippen molar-refractivity contribution in [2.75, 3.05) is 12.4 Å². The van der Waals surface area contributed by atoms with E-state index in [1.807, 2.05) is 0 Å². The third kappa shape index (κ3) is 3.88. The Kier molecular flexibility index (Phi) is 5.21. The van der Waals surface area contributed by atoms with Crippen LogP contribution in [0.4, 0.5) is 10.1 Å². The second-order valence-corrected chi connectivity index (χ2v) is 6.47. The number of hydrogen-bond acceptors (Lipinski definition) is 6. The second kappa shape index (κ2) is 8.11. The minimum absolute atomic E-state index is 0.0460. The van der Waals surface area contributed by atoms with Crippen LogP contribution < -0.4 is 15.6 Å². The van der Waals surface area contributed by atoms with Gasteiger partial charge in [0, 0.05) is 0 Å². The number of carbonyl (C=O) groups excluding carboxylic acids is 1. The number of nitrogens with zero attached hydrogens (tertiary/aromatic N) is 5. The Morgan fingerprint density at radius 3 is 2.70 bits per heavy atom. The van der Waals surface area contributed by atoms with Crippen molar-refractivity contribution in [3.8, 4) is 5.75 Å². The van der Waals surface area contributed by atoms with E-state index in [9.17, 15) is 14.0 Å². The number of hydrogen-bond donors (Lipinski definition) is 1. The standard InChI is InChI=1S/C20H17FN6O3/c1-30-16-5-3-2-4-15(16)23-17(28)11-26-12-22-19-18(20(26)29)24-25-27(19)10-13-6-8-14(21)9-7-13/h2-9,12H,10-11H2,1H3,(H,23,28). The van der Waals surface area contributed by atoms with Crippen molar-refractivity contribution in [2.24, 2.45) is 0 Å². The molecule has 9 nitrogen and oxygen atoms in total. The molecule has 4 rings (SSSR count). The Labute approximate surface area is 169 Å². The van der Waals surface area contributed by atoms with Crippen molar-refractivity contribution < 1.29 is 13.9 Å². The summed E-state index contributed by atoms with van der Waals surface area (Å²) < 4.78 is 20.9. The lowest BCUT2D eigenvalue weighted by Crippen LogP contribution is -2.28. The molecule has 2 aromatic heterocycles. The molecule has 1 N–H and O–H groups in total. The summed E-state index contributed by atoms with van der Waals surface area (Å²) in [6.45, 7) is 0.0339. The number of anilines is 1. The van der Waals surface area contributed by atoms with Crippen LogP contribution in [-0.4, -0.2) is 37.6 Å². The van der Waals surface area contributed by atoms with E-state index in [-0.39, 0.29) is 30.1 Å². The summed E-state index contributed by atoms with van der Waals surface area (Å²) in [5.41, 5.74) is 1.12. The van der Waals surface area contributed by atoms with E-state index in [0.29, 0.717) is 11.4 Å². The maximum absolute atomic E-state index is 13.1. The van der Waals surface area contributed by atoms with Crippen LogP contribution in [0.5, 0.6) is 5.75 Å². The van der Waals surface area contributed by atoms with Crippen LogP contribution in [0.15, 0.2) is 59.7 Å². The van der Waals surface area contributed by atoms with Gasteiger partial charge in [-0.3, -0.25) is 14.2 Å². The topological polar surface area (TPSA) is 104 Å². The monoisotopic (exact) mass is 408 g/mol. The van der Waals surface area contributed by atoms with Crippen molar-refractivity contribution in [3.05, 3.63) is 76.6 Å². The van der Waals surface area contributed by atoms with Gasteiger partial charge in [0.15, 0.2) is 11.2 Å². The molecule has 1 amide bonds. The predicted octanol–water partition coefficient (Wildman–Crippen LogP) is 1.82. The first-order chi connectivity index (χ1) is 14.5. The van der Waals surface area contributed by atoms with Crippen LogP contribution in [0, 0.1) is 5.82 Å². The van der Waals surface area contributed by atoms with Gasteiger partial charge in [-0.05, 0) is 29.8 Å². The fourth-order valence-electron chi connectivity index (χ4n) is 2.96. The fraction of sp³-hybridized carbons (Fsp3) is 0.150. The number of aromatic nitrogens is 5. The molecule has 4 aromatic rings. The van der Waals surface area contributed by atoms with E-state index in [1.165, 1.54) is 30.3 Å². The number of methoxy groups -OCH3 is 1. The summed E-state index contributed by atoms with van der Waals surface area (Å²) in [6, 6.07) is 12.9. The van der Waals surface area contributed by atoms with Gasteiger partial charge in [0.25, 0.3) is 5.56 Å². The zero-order valence-electron chi connectivity index (χ0n) is 15.9. The Balaban J connectivity index is 1.54. The molecule has 152 valence electrons. The third-order valence-corrected chi connectivity index (χ3v) is 4.43. The maximum Gasteiger partial charge on any atom is 0.283 e. The van der Waals surface area contributed by atoms with Crippen LogP contribution in [-0.2, 0) is 17.9 Å². The van der Waals surface area contributed by atoms with Crippen LogP contribution in [0.1, 0.15) is 5.56 Å². The lowest BCUT2D eigenvalue weighted by Gasteiger charge is -2.10. The highest BCUT2D eigenvalue weighted by atomic mass is 19.1. The molecule has 0 unspecified atom stereocenters. The number of nitrogens with one attached hydrogen (secondary N) is 1. The number of amides is 1. The van der Waals surface area contributed by atoms with Gasteiger partial charge in [0.1, 0.15) is 24.4 Å². The summed E-state index contributed by atoms with van der Waals surface area (Å²) in [6.07, 6.45) is 1.27. The maximum atomic E-state index is 13.1. The normalized spacial score (nSPS) is 10.9. The van der Waals surface area contributed by atoms with Crippen LogP contribution in [0.3, 0.4) is 0 Å². The van der Waals surface area contributed by atoms with Gasteiger partial charge < -0.3 is 10.1 Å². The van der Waals surface area contributed by atoms with Gasteiger partial charge in [0.2, 0.25) is 5.91 Å². The van der Waals surface area contributed by atoms with E-state index in [4.69, 9.17) is 4.74 Å². The summed E-state index contributed by atoms with van der Waals surface area (Å²) in [7, 11) is 1.50. The first-order valence-electron chi connectivity index (χ1n) is 9.01. The zero-order valence-corrected chi connectivity index (χ0v) is 15.9. The summed E-state index contributed by atoms with van der Waals surface area (Å²) >= 11 is 0. The average molecular weight is 408 g/mol. The molecule has 0 saturated heterocycles. The average Bonchev–Trinajstić information content (AvgIpc) is 3.15. The molecule has 0 fully saturated rings. The molecule has 30 heavy (non-hydrogen) atoms. The van der Waals surface area contributed by atoms with Gasteiger partial charge in [-0.2, -0.15) is 0 Å². The first-order valence-corrected chi connectivity index (χ1v) is 9.01. The quantitative estimate of drug-likeness (QED) is 0.522. The summed E-state index contributed by atoms with van der Waals surface area (Å²) in [5.74, 6) is -0.244. The minimum Gasteiger partial charge on any atom is -0.495 e. The molecule has 0 aliphatic rings. The van der Waals surface area contributed by atoms with Crippen molar-refractivity contribution >= 4 is 22.8 Å². The van der Waals surface area contributed by atoms with E-state index in [0.717, 1.165) is 10.1 Å². The second-order valence-electron chi connectivity index (χ2n) is 6.47. The number of fused-ring (bicyclic) bond motifs is 1. The highest BCUT2D eigenvalue weighted by Gasteiger charge is 2.15. The lowest BCUT2D eigenvalue weighted by molar-refractivity contribution is -0.116. The predicted molar refractivity (Wildman–Crippen MR) is 107 cm³/mol. The lowest BCUT2D eigenvalue weighted by atomic mass is 10.2. The zero-order chi connectivity index (χ0) is 21.1. The molecule has 0 atom stereocenters. The smallest absolute Gasteiger partial charge is 0.283 e. The molecule has 0 saturated carbocycles. The Morgan fingerprint density at radius 1 is 1.17 bits per heavy atom. The number of ether oxygens (including phenoxy) is 1. The molecule has 0 bridgehead atoms. The van der Waals surface area contributed by atoms with Crippen LogP contribution in [0.2, 0.25) is 0 Å². The Hall–Kier alpha value is -4.08. The van der Waals surface area contributed by atoms with E-state index >= 15 is 0 Å². The van der Waals surface area contributed by atoms with Crippen molar-refractivity contribution in [2.45, 2.75) is 13.1 Å². The van der Waals surface area contributed by atoms with Crippen molar-refractivity contribution in [3.63, 3.8) is 0 Å². The number of halogens is 1. The number of carbonyl (C=O) groups is 1. The van der Waals surface area contributed by atoms with Gasteiger partial charge >= 0.3 is 0 Å². The van der Waals surface area contributed by atoms with Gasteiger partial charge in [-0.25, -0.2) is 14.1 Å². The molecule has 0 spiro atoms. The number of benzene rings is 2. The molecule has 0 aliphatic carbocycles. The van der Waals surface area contributed by atoms with Crippen molar-refractivity contribution in [1.29, 1.82) is 0 Å². The SMILES string of the molecule is COc1ccccc1NC(=O)Cn1cnc2c(nnn2Cc2ccc(F)cc2)c1=O. The van der Waals surface area contributed by atoms with E-state index in [2.05, 4.69) is 20.6 Å². The number of para-hydroxylation sites is 2. The minimum atomic E-state index is -0.486. The van der Waals surface area contributed by atoms with Crippen LogP contribution in [0.25, 0.3) is 11.2 Å². The van der Waals surface area contributed by atoms with Crippen molar-refractivity contribution in [1.82, 2.24) is 24.5 Å². The van der Waals surface area contributed by atoms with Gasteiger partial charge in [-0.1, -0.05) is 29.5 Å². The molecule has 2 heterocycles. The van der Waals surface area contributed by atoms with Gasteiger partial charge in [-0.15, -0.1) is 5.10 Å². The molecule has 10 heteroatoms. The molecular formula is C20H17FN6O3. The highest BCUT2D eigenvalue weighted by molar-refractivity contribution is 5.92. The van der Waals surface area contributed by atoms with E-state index in [1.54, 1.807) is 36.4 Å². The van der Waals surface area contributed by atoms with Gasteiger partial charge in [0.05, 0.1) is 19.3 Å². The first kappa shape index (κ1) is 19.2. The molecule has 2 aromatic carbocycles. The Morgan fingerprint density at radius 2 is 1.93 bits per heavy atom. The summed E-state index contributed by atoms with van der Waals surface area (Å²) in [5, 5.41) is 10.6. The third-order valence-electron chi connectivity index (χ3n) is 4.43. The molecular weight excluding hydrogens is 391 g/mol.